The zero-order valence-electron chi connectivity index (χ0n) is 9.26. The maximum atomic E-state index is 11.0. The van der Waals surface area contributed by atoms with Crippen molar-refractivity contribution in [1.29, 1.82) is 0 Å². The first-order valence-corrected chi connectivity index (χ1v) is 5.12. The van der Waals surface area contributed by atoms with Crippen LogP contribution in [0.1, 0.15) is 12.5 Å². The van der Waals surface area contributed by atoms with Crippen molar-refractivity contribution in [1.82, 2.24) is 4.90 Å². The molecule has 0 saturated carbocycles. The second-order valence-corrected chi connectivity index (χ2v) is 3.65. The largest absolute Gasteiger partial charge is 0.465 e. The minimum Gasteiger partial charge on any atom is -0.465 e. The topological polar surface area (TPSA) is 40.5 Å². The Morgan fingerprint density at radius 3 is 2.62 bits per heavy atom. The first kappa shape index (κ1) is 12.1. The summed E-state index contributed by atoms with van der Waals surface area (Å²) in [5, 5.41) is 8.98. The average Bonchev–Trinajstić information content (AvgIpc) is 2.26. The molecule has 1 atom stereocenters. The van der Waals surface area contributed by atoms with Crippen LogP contribution in [0.15, 0.2) is 30.3 Å². The Labute approximate surface area is 95.7 Å². The van der Waals surface area contributed by atoms with Gasteiger partial charge in [-0.25, -0.2) is 4.79 Å². The molecule has 3 heteroatoms. The van der Waals surface area contributed by atoms with Gasteiger partial charge in [0.2, 0.25) is 0 Å². The second kappa shape index (κ2) is 5.82. The summed E-state index contributed by atoms with van der Waals surface area (Å²) in [6.07, 6.45) is 4.85. The van der Waals surface area contributed by atoms with Crippen LogP contribution in [0, 0.1) is 12.3 Å². The lowest BCUT2D eigenvalue weighted by Gasteiger charge is -2.24. The summed E-state index contributed by atoms with van der Waals surface area (Å²) in [6, 6.07) is 9.66. The lowest BCUT2D eigenvalue weighted by Crippen LogP contribution is -2.39. The summed E-state index contributed by atoms with van der Waals surface area (Å²) in [5.74, 6) is 2.36. The van der Waals surface area contributed by atoms with Gasteiger partial charge in [-0.1, -0.05) is 36.3 Å². The molecule has 0 spiro atoms. The van der Waals surface area contributed by atoms with E-state index in [4.69, 9.17) is 11.5 Å². The predicted molar refractivity (Wildman–Crippen MR) is 63.2 cm³/mol. The minimum atomic E-state index is -0.971. The van der Waals surface area contributed by atoms with Crippen LogP contribution in [0.2, 0.25) is 0 Å². The Bertz CT molecular complexity index is 381. The Kier molecular flexibility index (Phi) is 4.41. The second-order valence-electron chi connectivity index (χ2n) is 3.65. The zero-order valence-corrected chi connectivity index (χ0v) is 9.26. The Morgan fingerprint density at radius 1 is 1.50 bits per heavy atom. The van der Waals surface area contributed by atoms with Crippen molar-refractivity contribution in [3.05, 3.63) is 35.9 Å². The van der Waals surface area contributed by atoms with Gasteiger partial charge >= 0.3 is 6.09 Å². The predicted octanol–water partition coefficient (Wildman–Crippen LogP) is 2.23. The monoisotopic (exact) mass is 217 g/mol. The van der Waals surface area contributed by atoms with E-state index >= 15 is 0 Å². The van der Waals surface area contributed by atoms with Gasteiger partial charge in [0.05, 0.1) is 6.54 Å². The zero-order chi connectivity index (χ0) is 12.0. The van der Waals surface area contributed by atoms with Crippen LogP contribution in [0.5, 0.6) is 0 Å². The minimum absolute atomic E-state index is 0.115. The molecule has 1 rings (SSSR count). The standard InChI is InChI=1S/C13H15NO2/c1-3-9-14(13(15)16)11(2)10-12-7-5-4-6-8-12/h1,4-8,11H,9-10H2,2H3,(H,15,16)/t11-/m1/s1. The van der Waals surface area contributed by atoms with Gasteiger partial charge in [0.25, 0.3) is 0 Å². The number of carbonyl (C=O) groups is 1. The quantitative estimate of drug-likeness (QED) is 0.786. The van der Waals surface area contributed by atoms with Crippen molar-refractivity contribution >= 4 is 6.09 Å². The van der Waals surface area contributed by atoms with E-state index in [2.05, 4.69) is 5.92 Å². The maximum absolute atomic E-state index is 11.0. The summed E-state index contributed by atoms with van der Waals surface area (Å²) in [7, 11) is 0. The highest BCUT2D eigenvalue weighted by atomic mass is 16.4. The van der Waals surface area contributed by atoms with Crippen molar-refractivity contribution in [3.63, 3.8) is 0 Å². The van der Waals surface area contributed by atoms with Crippen molar-refractivity contribution < 1.29 is 9.90 Å². The third-order valence-corrected chi connectivity index (χ3v) is 2.41. The molecule has 0 aliphatic heterocycles. The van der Waals surface area contributed by atoms with Crippen molar-refractivity contribution in [2.24, 2.45) is 0 Å². The normalized spacial score (nSPS) is 11.5. The molecule has 0 radical (unpaired) electrons. The Balaban J connectivity index is 2.66. The first-order valence-electron chi connectivity index (χ1n) is 5.12. The first-order chi connectivity index (χ1) is 7.65. The number of terminal acetylenes is 1. The van der Waals surface area contributed by atoms with E-state index in [0.717, 1.165) is 5.56 Å². The van der Waals surface area contributed by atoms with Crippen molar-refractivity contribution in [2.45, 2.75) is 19.4 Å². The number of hydrogen-bond acceptors (Lipinski definition) is 1. The van der Waals surface area contributed by atoms with E-state index < -0.39 is 6.09 Å². The molecule has 1 aromatic carbocycles. The highest BCUT2D eigenvalue weighted by Gasteiger charge is 2.18. The molecule has 0 unspecified atom stereocenters. The van der Waals surface area contributed by atoms with E-state index in [1.807, 2.05) is 37.3 Å². The van der Waals surface area contributed by atoms with Gasteiger partial charge in [-0.2, -0.15) is 0 Å². The fraction of sp³-hybridized carbons (Fsp3) is 0.308. The van der Waals surface area contributed by atoms with Gasteiger partial charge < -0.3 is 5.11 Å². The molecule has 0 heterocycles. The highest BCUT2D eigenvalue weighted by molar-refractivity contribution is 5.65. The molecule has 0 fully saturated rings. The van der Waals surface area contributed by atoms with Gasteiger partial charge in [0, 0.05) is 6.04 Å². The van der Waals surface area contributed by atoms with Crippen LogP contribution >= 0.6 is 0 Å². The van der Waals surface area contributed by atoms with Crippen LogP contribution < -0.4 is 0 Å². The fourth-order valence-electron chi connectivity index (χ4n) is 1.58. The molecule has 16 heavy (non-hydrogen) atoms. The van der Waals surface area contributed by atoms with Gasteiger partial charge in [-0.3, -0.25) is 4.90 Å². The molecule has 1 N–H and O–H groups in total. The summed E-state index contributed by atoms with van der Waals surface area (Å²) in [5.41, 5.74) is 1.11. The Hall–Kier alpha value is -1.95. The van der Waals surface area contributed by atoms with Gasteiger partial charge in [-0.15, -0.1) is 6.42 Å². The molecule has 0 aliphatic carbocycles. The van der Waals surface area contributed by atoms with Crippen LogP contribution in [0.3, 0.4) is 0 Å². The summed E-state index contributed by atoms with van der Waals surface area (Å²) in [6.45, 7) is 1.99. The highest BCUT2D eigenvalue weighted by Crippen LogP contribution is 2.08. The lowest BCUT2D eigenvalue weighted by molar-refractivity contribution is 0.135. The molecule has 84 valence electrons. The maximum Gasteiger partial charge on any atom is 0.408 e. The summed E-state index contributed by atoms with van der Waals surface area (Å²) in [4.78, 5) is 12.2. The van der Waals surface area contributed by atoms with Crippen LogP contribution in [0.25, 0.3) is 0 Å². The summed E-state index contributed by atoms with van der Waals surface area (Å²) >= 11 is 0. The molecule has 0 saturated heterocycles. The molecule has 0 aliphatic rings. The lowest BCUT2D eigenvalue weighted by atomic mass is 10.1. The number of benzene rings is 1. The molecular formula is C13H15NO2. The molecule has 1 aromatic rings. The molecule has 3 nitrogen and oxygen atoms in total. The number of amides is 1. The van der Waals surface area contributed by atoms with E-state index in [1.165, 1.54) is 4.90 Å². The van der Waals surface area contributed by atoms with Crippen LogP contribution in [-0.2, 0) is 6.42 Å². The smallest absolute Gasteiger partial charge is 0.408 e. The molecule has 1 amide bonds. The molecule has 0 bridgehead atoms. The summed E-state index contributed by atoms with van der Waals surface area (Å²) < 4.78 is 0. The van der Waals surface area contributed by atoms with Gasteiger partial charge in [0.1, 0.15) is 0 Å². The average molecular weight is 217 g/mol. The van der Waals surface area contributed by atoms with Crippen molar-refractivity contribution in [3.8, 4) is 12.3 Å². The van der Waals surface area contributed by atoms with Crippen LogP contribution in [-0.4, -0.2) is 28.7 Å². The number of hydrogen-bond donors (Lipinski definition) is 1. The van der Waals surface area contributed by atoms with Gasteiger partial charge in [0.15, 0.2) is 0 Å². The van der Waals surface area contributed by atoms with Gasteiger partial charge in [-0.05, 0) is 18.9 Å². The van der Waals surface area contributed by atoms with Crippen molar-refractivity contribution in [2.75, 3.05) is 6.54 Å². The van der Waals surface area contributed by atoms with E-state index in [1.54, 1.807) is 0 Å². The van der Waals surface area contributed by atoms with Crippen LogP contribution in [0.4, 0.5) is 4.79 Å². The molecule has 0 aromatic heterocycles. The SMILES string of the molecule is C#CCN(C(=O)O)[C@H](C)Cc1ccccc1. The fourth-order valence-corrected chi connectivity index (χ4v) is 1.58. The van der Waals surface area contributed by atoms with E-state index in [0.29, 0.717) is 6.42 Å². The number of carboxylic acid groups (broad SMARTS) is 1. The third kappa shape index (κ3) is 3.32. The number of nitrogens with zero attached hydrogens (tertiary/aromatic N) is 1. The van der Waals surface area contributed by atoms with E-state index in [9.17, 15) is 4.79 Å². The van der Waals surface area contributed by atoms with E-state index in [-0.39, 0.29) is 12.6 Å². The Morgan fingerprint density at radius 2 is 2.12 bits per heavy atom. The number of rotatable bonds is 4. The third-order valence-electron chi connectivity index (χ3n) is 2.41. The molecular weight excluding hydrogens is 202 g/mol.